The molecule has 2 bridgehead atoms. The van der Waals surface area contributed by atoms with E-state index in [1.54, 1.807) is 0 Å². The van der Waals surface area contributed by atoms with E-state index in [-0.39, 0.29) is 28.4 Å². The van der Waals surface area contributed by atoms with Gasteiger partial charge in [0.05, 0.1) is 11.7 Å². The Morgan fingerprint density at radius 3 is 2.59 bits per heavy atom. The van der Waals surface area contributed by atoms with Crippen LogP contribution in [0, 0.1) is 11.8 Å². The topological polar surface area (TPSA) is 35.5 Å². The number of rotatable bonds is 2. The Kier molecular flexibility index (Phi) is 3.74. The molecule has 22 heavy (non-hydrogen) atoms. The minimum absolute atomic E-state index is 0.0546. The zero-order chi connectivity index (χ0) is 16.6. The highest BCUT2D eigenvalue weighted by Crippen LogP contribution is 2.58. The number of carbonyl (C=O) groups excluding carboxylic acids is 1. The fourth-order valence-corrected chi connectivity index (χ4v) is 7.41. The summed E-state index contributed by atoms with van der Waals surface area (Å²) in [4.78, 5) is 13.3. The molecule has 126 valence electrons. The van der Waals surface area contributed by atoms with Gasteiger partial charge in [-0.25, -0.2) is 0 Å². The van der Waals surface area contributed by atoms with Crippen molar-refractivity contribution >= 4 is 25.9 Å². The van der Waals surface area contributed by atoms with E-state index in [2.05, 4.69) is 40.8 Å². The van der Waals surface area contributed by atoms with Crippen LogP contribution in [0.4, 0.5) is 0 Å². The first-order valence-electron chi connectivity index (χ1n) is 8.44. The van der Waals surface area contributed by atoms with Gasteiger partial charge in [-0.3, -0.25) is 4.79 Å². The van der Waals surface area contributed by atoms with Crippen LogP contribution in [0.1, 0.15) is 41.0 Å². The lowest BCUT2D eigenvalue weighted by Crippen LogP contribution is -2.65. The number of ketones is 1. The second-order valence-corrected chi connectivity index (χ2v) is 14.8. The first-order chi connectivity index (χ1) is 9.94. The molecule has 0 N–H and O–H groups in total. The van der Waals surface area contributed by atoms with E-state index in [4.69, 9.17) is 9.16 Å². The van der Waals surface area contributed by atoms with Gasteiger partial charge < -0.3 is 9.16 Å². The van der Waals surface area contributed by atoms with Gasteiger partial charge in [0.1, 0.15) is 5.60 Å². The van der Waals surface area contributed by atoms with Crippen molar-refractivity contribution in [2.75, 3.05) is 11.5 Å². The zero-order valence-electron chi connectivity index (χ0n) is 15.0. The maximum absolute atomic E-state index is 13.3. The van der Waals surface area contributed by atoms with Crippen molar-refractivity contribution in [3.63, 3.8) is 0 Å². The first kappa shape index (κ1) is 17.0. The third-order valence-electron chi connectivity index (χ3n) is 6.70. The molecule has 0 saturated carbocycles. The summed E-state index contributed by atoms with van der Waals surface area (Å²) in [5, 5.41) is 0.0962. The molecule has 5 heteroatoms. The zero-order valence-corrected chi connectivity index (χ0v) is 16.8. The van der Waals surface area contributed by atoms with Crippen LogP contribution in [0.25, 0.3) is 0 Å². The van der Waals surface area contributed by atoms with Crippen molar-refractivity contribution in [2.45, 2.75) is 76.5 Å². The van der Waals surface area contributed by atoms with Gasteiger partial charge in [-0.15, -0.1) is 0 Å². The highest BCUT2D eigenvalue weighted by Gasteiger charge is 2.68. The number of fused-ring (bicyclic) bond motifs is 1. The van der Waals surface area contributed by atoms with Crippen LogP contribution in [-0.2, 0) is 14.0 Å². The molecular weight excluding hydrogens is 312 g/mol. The number of Topliss-reactive ketones (excluding diaryl/α,β-unsaturated/α-hetero) is 1. The van der Waals surface area contributed by atoms with E-state index < -0.39 is 13.9 Å². The van der Waals surface area contributed by atoms with Crippen LogP contribution < -0.4 is 0 Å². The van der Waals surface area contributed by atoms with Crippen LogP contribution in [0.5, 0.6) is 0 Å². The Bertz CT molecular complexity index is 501. The van der Waals surface area contributed by atoms with E-state index in [9.17, 15) is 4.79 Å². The molecule has 5 atom stereocenters. The highest BCUT2D eigenvalue weighted by atomic mass is 32.2. The lowest BCUT2D eigenvalue weighted by Gasteiger charge is -2.50. The Balaban J connectivity index is 1.94. The summed E-state index contributed by atoms with van der Waals surface area (Å²) in [6, 6.07) is 0. The van der Waals surface area contributed by atoms with Gasteiger partial charge in [-0.05, 0) is 37.2 Å². The van der Waals surface area contributed by atoms with Gasteiger partial charge in [0.25, 0.3) is 0 Å². The molecule has 0 radical (unpaired) electrons. The van der Waals surface area contributed by atoms with E-state index in [0.29, 0.717) is 5.92 Å². The van der Waals surface area contributed by atoms with Gasteiger partial charge in [-0.1, -0.05) is 27.7 Å². The van der Waals surface area contributed by atoms with Crippen LogP contribution >= 0.6 is 11.8 Å². The summed E-state index contributed by atoms with van der Waals surface area (Å²) in [6.45, 7) is 15.2. The van der Waals surface area contributed by atoms with Crippen LogP contribution in [0.3, 0.4) is 0 Å². The molecule has 0 amide bonds. The number of hydrogen-bond donors (Lipinski definition) is 0. The quantitative estimate of drug-likeness (QED) is 0.714. The van der Waals surface area contributed by atoms with Gasteiger partial charge in [0.15, 0.2) is 14.1 Å². The van der Waals surface area contributed by atoms with Gasteiger partial charge >= 0.3 is 0 Å². The van der Waals surface area contributed by atoms with Crippen molar-refractivity contribution in [1.29, 1.82) is 0 Å². The molecule has 0 unspecified atom stereocenters. The van der Waals surface area contributed by atoms with E-state index >= 15 is 0 Å². The Labute approximate surface area is 140 Å². The molecule has 1 spiro atoms. The third kappa shape index (κ3) is 2.11. The van der Waals surface area contributed by atoms with Crippen LogP contribution in [0.2, 0.25) is 18.1 Å². The average molecular weight is 343 g/mol. The van der Waals surface area contributed by atoms with E-state index in [1.807, 2.05) is 18.7 Å². The fraction of sp³-hybridized carbons (Fsp3) is 0.941. The maximum atomic E-state index is 13.3. The van der Waals surface area contributed by atoms with Gasteiger partial charge in [0, 0.05) is 17.6 Å². The number of hydrogen-bond acceptors (Lipinski definition) is 4. The van der Waals surface area contributed by atoms with Crippen molar-refractivity contribution in [2.24, 2.45) is 11.8 Å². The average Bonchev–Trinajstić information content (AvgIpc) is 2.89. The molecule has 0 aromatic heterocycles. The van der Waals surface area contributed by atoms with Crippen LogP contribution in [0.15, 0.2) is 0 Å². The summed E-state index contributed by atoms with van der Waals surface area (Å²) in [7, 11) is -2.02. The first-order valence-corrected chi connectivity index (χ1v) is 12.5. The minimum atomic E-state index is -2.02. The molecule has 0 aliphatic carbocycles. The molecule has 3 heterocycles. The molecule has 3 fully saturated rings. The second kappa shape index (κ2) is 4.84. The van der Waals surface area contributed by atoms with Gasteiger partial charge in [0.2, 0.25) is 0 Å². The fourth-order valence-electron chi connectivity index (χ4n) is 4.12. The summed E-state index contributed by atoms with van der Waals surface area (Å²) in [5.41, 5.74) is -0.967. The van der Waals surface area contributed by atoms with Crippen molar-refractivity contribution in [3.8, 4) is 0 Å². The predicted octanol–water partition coefficient (Wildman–Crippen LogP) is 3.88. The Hall–Kier alpha value is 0.157. The molecular formula is C17H30O3SSi. The smallest absolute Gasteiger partial charge is 0.193 e. The number of carbonyl (C=O) groups is 1. The summed E-state index contributed by atoms with van der Waals surface area (Å²) in [6.07, 6.45) is 0.921. The highest BCUT2D eigenvalue weighted by molar-refractivity contribution is 7.99. The summed E-state index contributed by atoms with van der Waals surface area (Å²) >= 11 is 1.94. The SMILES string of the molecule is C[C@H]1C(=O)[C@](C)(O[Si](C)(C)C(C)(C)C)[C@@H]2C[C@H]3CSC[C@@]31O2. The van der Waals surface area contributed by atoms with E-state index in [0.717, 1.165) is 17.9 Å². The Morgan fingerprint density at radius 1 is 1.36 bits per heavy atom. The molecule has 0 aromatic rings. The molecule has 3 aliphatic rings. The molecule has 3 saturated heterocycles. The lowest BCUT2D eigenvalue weighted by molar-refractivity contribution is -0.192. The van der Waals surface area contributed by atoms with Gasteiger partial charge in [-0.2, -0.15) is 11.8 Å². The predicted molar refractivity (Wildman–Crippen MR) is 93.9 cm³/mol. The molecule has 3 rings (SSSR count). The normalized spacial score (nSPS) is 45.2. The van der Waals surface area contributed by atoms with Crippen LogP contribution in [-0.4, -0.2) is 42.9 Å². The summed E-state index contributed by atoms with van der Waals surface area (Å²) < 4.78 is 13.2. The molecule has 3 aliphatic heterocycles. The van der Waals surface area contributed by atoms with Crippen molar-refractivity contribution < 1.29 is 14.0 Å². The number of thioether (sulfide) groups is 1. The maximum Gasteiger partial charge on any atom is 0.193 e. The molecule has 0 aromatic carbocycles. The number of ether oxygens (including phenoxy) is 1. The van der Waals surface area contributed by atoms with Crippen molar-refractivity contribution in [3.05, 3.63) is 0 Å². The standard InChI is InChI=1S/C17H30O3SSi/c1-11-14(18)16(5,20-22(6,7)15(2,3)4)13-8-12-9-21-10-17(11,12)19-13/h11-13H,8-10H2,1-7H3/t11-,12-,13-,16+,17-/m0/s1. The molecule has 3 nitrogen and oxygen atoms in total. The minimum Gasteiger partial charge on any atom is -0.402 e. The third-order valence-corrected chi connectivity index (χ3v) is 12.5. The van der Waals surface area contributed by atoms with Crippen molar-refractivity contribution in [1.82, 2.24) is 0 Å². The lowest BCUT2D eigenvalue weighted by atomic mass is 9.76. The second-order valence-electron chi connectivity index (χ2n) is 9.06. The largest absolute Gasteiger partial charge is 0.402 e. The Morgan fingerprint density at radius 2 is 2.00 bits per heavy atom. The summed E-state index contributed by atoms with van der Waals surface area (Å²) in [5.74, 6) is 2.84. The monoisotopic (exact) mass is 342 g/mol. The van der Waals surface area contributed by atoms with E-state index in [1.165, 1.54) is 0 Å².